The molecule has 0 atom stereocenters. The monoisotopic (exact) mass is 207 g/mol. The molecule has 0 saturated heterocycles. The van der Waals surface area contributed by atoms with Crippen LogP contribution in [0.4, 0.5) is 5.82 Å². The molecule has 1 rings (SSSR count). The van der Waals surface area contributed by atoms with Crippen molar-refractivity contribution in [3.05, 3.63) is 23.4 Å². The Hall–Kier alpha value is -1.58. The van der Waals surface area contributed by atoms with Gasteiger partial charge in [-0.25, -0.2) is 4.98 Å². The van der Waals surface area contributed by atoms with Crippen LogP contribution in [0.15, 0.2) is 12.3 Å². The summed E-state index contributed by atoms with van der Waals surface area (Å²) in [6, 6.07) is 1.78. The predicted molar refractivity (Wildman–Crippen MR) is 60.9 cm³/mol. The molecule has 1 amide bonds. The molecule has 0 fully saturated rings. The zero-order chi connectivity index (χ0) is 11.3. The zero-order valence-electron chi connectivity index (χ0n) is 9.21. The number of hydrogen-bond acceptors (Lipinski definition) is 3. The highest BCUT2D eigenvalue weighted by molar-refractivity contribution is 5.98. The van der Waals surface area contributed by atoms with Crippen LogP contribution >= 0.6 is 0 Å². The Morgan fingerprint density at radius 3 is 2.93 bits per heavy atom. The van der Waals surface area contributed by atoms with Gasteiger partial charge in [-0.05, 0) is 25.0 Å². The lowest BCUT2D eigenvalue weighted by atomic mass is 10.1. The molecule has 1 heterocycles. The Balaban J connectivity index is 2.86. The molecule has 0 unspecified atom stereocenters. The molecule has 0 aliphatic heterocycles. The molecule has 0 radical (unpaired) electrons. The number of anilines is 1. The van der Waals surface area contributed by atoms with Gasteiger partial charge in [-0.3, -0.25) is 4.79 Å². The van der Waals surface area contributed by atoms with E-state index in [4.69, 9.17) is 5.73 Å². The quantitative estimate of drug-likeness (QED) is 0.722. The van der Waals surface area contributed by atoms with Gasteiger partial charge in [-0.15, -0.1) is 0 Å². The molecule has 82 valence electrons. The van der Waals surface area contributed by atoms with Gasteiger partial charge >= 0.3 is 0 Å². The van der Waals surface area contributed by atoms with Crippen molar-refractivity contribution in [3.63, 3.8) is 0 Å². The maximum Gasteiger partial charge on any atom is 0.252 e. The van der Waals surface area contributed by atoms with Crippen LogP contribution in [-0.4, -0.2) is 17.4 Å². The Morgan fingerprint density at radius 2 is 2.33 bits per heavy atom. The molecule has 0 saturated carbocycles. The Morgan fingerprint density at radius 1 is 1.60 bits per heavy atom. The van der Waals surface area contributed by atoms with Gasteiger partial charge in [0, 0.05) is 12.7 Å². The van der Waals surface area contributed by atoms with Gasteiger partial charge in [-0.1, -0.05) is 13.3 Å². The third-order valence-corrected chi connectivity index (χ3v) is 2.23. The van der Waals surface area contributed by atoms with Crippen LogP contribution in [-0.2, 0) is 0 Å². The van der Waals surface area contributed by atoms with E-state index in [1.807, 2.05) is 6.92 Å². The van der Waals surface area contributed by atoms with Crippen molar-refractivity contribution in [2.24, 2.45) is 5.73 Å². The van der Waals surface area contributed by atoms with E-state index in [2.05, 4.69) is 17.2 Å². The third-order valence-electron chi connectivity index (χ3n) is 2.23. The number of pyridine rings is 1. The summed E-state index contributed by atoms with van der Waals surface area (Å²) >= 11 is 0. The number of aryl methyl sites for hydroxylation is 1. The molecular formula is C11H17N3O. The maximum absolute atomic E-state index is 11.2. The van der Waals surface area contributed by atoms with E-state index in [1.165, 1.54) is 0 Å². The summed E-state index contributed by atoms with van der Waals surface area (Å²) in [6.45, 7) is 4.78. The summed E-state index contributed by atoms with van der Waals surface area (Å²) in [5, 5.41) is 3.12. The number of amides is 1. The lowest BCUT2D eigenvalue weighted by molar-refractivity contribution is 0.1000. The van der Waals surface area contributed by atoms with Crippen molar-refractivity contribution in [1.82, 2.24) is 4.98 Å². The van der Waals surface area contributed by atoms with E-state index >= 15 is 0 Å². The van der Waals surface area contributed by atoms with Crippen molar-refractivity contribution >= 4 is 11.7 Å². The predicted octanol–water partition coefficient (Wildman–Crippen LogP) is 1.70. The van der Waals surface area contributed by atoms with E-state index in [-0.39, 0.29) is 0 Å². The molecule has 1 aromatic heterocycles. The molecule has 1 aromatic rings. The highest BCUT2D eigenvalue weighted by atomic mass is 16.1. The average molecular weight is 207 g/mol. The summed E-state index contributed by atoms with van der Waals surface area (Å²) in [5.41, 5.74) is 6.65. The van der Waals surface area contributed by atoms with Crippen LogP contribution in [0.3, 0.4) is 0 Å². The van der Waals surface area contributed by atoms with Gasteiger partial charge in [0.15, 0.2) is 0 Å². The number of unbranched alkanes of at least 4 members (excludes halogenated alkanes) is 1. The SMILES string of the molecule is CCCCNc1nccc(C)c1C(N)=O. The number of nitrogens with zero attached hydrogens (tertiary/aromatic N) is 1. The molecule has 0 aliphatic carbocycles. The van der Waals surface area contributed by atoms with Crippen molar-refractivity contribution < 1.29 is 4.79 Å². The van der Waals surface area contributed by atoms with Gasteiger partial charge in [0.1, 0.15) is 5.82 Å². The van der Waals surface area contributed by atoms with E-state index in [0.717, 1.165) is 24.9 Å². The number of carbonyl (C=O) groups excluding carboxylic acids is 1. The highest BCUT2D eigenvalue weighted by Crippen LogP contribution is 2.15. The molecule has 0 aromatic carbocycles. The van der Waals surface area contributed by atoms with Gasteiger partial charge in [-0.2, -0.15) is 0 Å². The average Bonchev–Trinajstić information content (AvgIpc) is 2.17. The summed E-state index contributed by atoms with van der Waals surface area (Å²) in [6.07, 6.45) is 3.83. The van der Waals surface area contributed by atoms with Crippen LogP contribution < -0.4 is 11.1 Å². The fourth-order valence-electron chi connectivity index (χ4n) is 1.39. The lowest BCUT2D eigenvalue weighted by Gasteiger charge is -2.10. The first-order valence-electron chi connectivity index (χ1n) is 5.16. The Kier molecular flexibility index (Phi) is 4.09. The van der Waals surface area contributed by atoms with E-state index < -0.39 is 5.91 Å². The third kappa shape index (κ3) is 2.94. The molecule has 0 bridgehead atoms. The standard InChI is InChI=1S/C11H17N3O/c1-3-4-6-13-11-9(10(12)15)8(2)5-7-14-11/h5,7H,3-4,6H2,1-2H3,(H2,12,15)(H,13,14). The number of primary amides is 1. The molecule has 15 heavy (non-hydrogen) atoms. The normalized spacial score (nSPS) is 10.0. The second-order valence-electron chi connectivity index (χ2n) is 3.50. The summed E-state index contributed by atoms with van der Waals surface area (Å²) in [7, 11) is 0. The van der Waals surface area contributed by atoms with Crippen LogP contribution in [0, 0.1) is 6.92 Å². The fourth-order valence-corrected chi connectivity index (χ4v) is 1.39. The first-order chi connectivity index (χ1) is 7.16. The number of nitrogens with one attached hydrogen (secondary N) is 1. The Labute approximate surface area is 89.9 Å². The topological polar surface area (TPSA) is 68.0 Å². The molecule has 4 heteroatoms. The van der Waals surface area contributed by atoms with Crippen LogP contribution in [0.2, 0.25) is 0 Å². The van der Waals surface area contributed by atoms with E-state index in [1.54, 1.807) is 12.3 Å². The van der Waals surface area contributed by atoms with Crippen molar-refractivity contribution in [2.45, 2.75) is 26.7 Å². The maximum atomic E-state index is 11.2. The van der Waals surface area contributed by atoms with Crippen LogP contribution in [0.1, 0.15) is 35.7 Å². The number of hydrogen-bond donors (Lipinski definition) is 2. The largest absolute Gasteiger partial charge is 0.369 e. The smallest absolute Gasteiger partial charge is 0.252 e. The Bertz CT molecular complexity index is 350. The number of rotatable bonds is 5. The summed E-state index contributed by atoms with van der Waals surface area (Å²) < 4.78 is 0. The van der Waals surface area contributed by atoms with Crippen molar-refractivity contribution in [1.29, 1.82) is 0 Å². The lowest BCUT2D eigenvalue weighted by Crippen LogP contribution is -2.17. The molecular weight excluding hydrogens is 190 g/mol. The van der Waals surface area contributed by atoms with Gasteiger partial charge in [0.2, 0.25) is 0 Å². The first kappa shape index (κ1) is 11.5. The fraction of sp³-hybridized carbons (Fsp3) is 0.455. The minimum Gasteiger partial charge on any atom is -0.369 e. The number of aromatic nitrogens is 1. The number of carbonyl (C=O) groups is 1. The minimum absolute atomic E-state index is 0.431. The highest BCUT2D eigenvalue weighted by Gasteiger charge is 2.11. The second-order valence-corrected chi connectivity index (χ2v) is 3.50. The van der Waals surface area contributed by atoms with E-state index in [0.29, 0.717) is 11.4 Å². The molecule has 3 N–H and O–H groups in total. The molecule has 0 aliphatic rings. The van der Waals surface area contributed by atoms with Gasteiger partial charge < -0.3 is 11.1 Å². The summed E-state index contributed by atoms with van der Waals surface area (Å²) in [5.74, 6) is 0.163. The van der Waals surface area contributed by atoms with Crippen molar-refractivity contribution in [3.8, 4) is 0 Å². The van der Waals surface area contributed by atoms with Gasteiger partial charge in [0.05, 0.1) is 5.56 Å². The zero-order valence-corrected chi connectivity index (χ0v) is 9.21. The first-order valence-corrected chi connectivity index (χ1v) is 5.16. The minimum atomic E-state index is -0.431. The number of nitrogens with two attached hydrogens (primary N) is 1. The van der Waals surface area contributed by atoms with Gasteiger partial charge in [0.25, 0.3) is 5.91 Å². The molecule has 4 nitrogen and oxygen atoms in total. The van der Waals surface area contributed by atoms with Crippen LogP contribution in [0.25, 0.3) is 0 Å². The summed E-state index contributed by atoms with van der Waals surface area (Å²) in [4.78, 5) is 15.3. The van der Waals surface area contributed by atoms with Crippen LogP contribution in [0.5, 0.6) is 0 Å². The van der Waals surface area contributed by atoms with E-state index in [9.17, 15) is 4.79 Å². The second kappa shape index (κ2) is 5.34. The molecule has 0 spiro atoms. The van der Waals surface area contributed by atoms with Crippen molar-refractivity contribution in [2.75, 3.05) is 11.9 Å².